The molecule has 2 heterocycles. The zero-order valence-electron chi connectivity index (χ0n) is 16.6. The fourth-order valence-corrected chi connectivity index (χ4v) is 3.48. The predicted molar refractivity (Wildman–Crippen MR) is 107 cm³/mol. The zero-order valence-corrected chi connectivity index (χ0v) is 16.6. The molecule has 2 aromatic carbocycles. The minimum absolute atomic E-state index is 0.127. The summed E-state index contributed by atoms with van der Waals surface area (Å²) in [5.74, 6) is 1.09. The van der Waals surface area contributed by atoms with Crippen LogP contribution in [0.5, 0.6) is 17.2 Å². The number of hydrogen-bond donors (Lipinski definition) is 0. The van der Waals surface area contributed by atoms with E-state index < -0.39 is 6.36 Å². The average Bonchev–Trinajstić information content (AvgIpc) is 3.20. The second kappa shape index (κ2) is 8.89. The monoisotopic (exact) mass is 434 g/mol. The van der Waals surface area contributed by atoms with Crippen LogP contribution in [0.2, 0.25) is 0 Å². The van der Waals surface area contributed by atoms with Gasteiger partial charge in [0.05, 0.1) is 0 Å². The van der Waals surface area contributed by atoms with Gasteiger partial charge >= 0.3 is 6.36 Å². The van der Waals surface area contributed by atoms with Crippen molar-refractivity contribution in [2.75, 3.05) is 33.0 Å². The number of hydrogen-bond acceptors (Lipinski definition) is 5. The highest BCUT2D eigenvalue weighted by Gasteiger charge is 2.31. The molecule has 0 atom stereocenters. The van der Waals surface area contributed by atoms with E-state index in [1.165, 1.54) is 30.3 Å². The molecule has 0 spiro atoms. The summed E-state index contributed by atoms with van der Waals surface area (Å²) in [6.45, 7) is 3.71. The Morgan fingerprint density at radius 2 is 1.71 bits per heavy atom. The van der Waals surface area contributed by atoms with Gasteiger partial charge in [0.2, 0.25) is 12.7 Å². The summed E-state index contributed by atoms with van der Waals surface area (Å²) in [5.41, 5.74) is 1.74. The average molecular weight is 434 g/mol. The maximum atomic E-state index is 12.4. The molecule has 0 radical (unpaired) electrons. The van der Waals surface area contributed by atoms with Crippen LogP contribution in [0, 0.1) is 0 Å². The smallest absolute Gasteiger partial charge is 0.454 e. The highest BCUT2D eigenvalue weighted by Crippen LogP contribution is 2.32. The fourth-order valence-electron chi connectivity index (χ4n) is 3.48. The van der Waals surface area contributed by atoms with Crippen molar-refractivity contribution in [2.45, 2.75) is 12.9 Å². The number of carbonyl (C=O) groups excluding carboxylic acids is 1. The Balaban J connectivity index is 1.25. The number of benzene rings is 2. The Kier molecular flexibility index (Phi) is 6.03. The number of alkyl halides is 3. The normalized spacial score (nSPS) is 16.7. The third-order valence-electron chi connectivity index (χ3n) is 5.06. The standard InChI is InChI=1S/C22H21F3N2O4/c23-22(24,25)31-18-5-1-16(2-6-18)4-8-21(28)27-11-9-26(10-12-27)14-17-3-7-19-20(13-17)30-15-29-19/h1-8,13H,9-12,14-15H2/b8-4+. The first-order valence-corrected chi connectivity index (χ1v) is 9.79. The quantitative estimate of drug-likeness (QED) is 0.673. The van der Waals surface area contributed by atoms with E-state index in [0.29, 0.717) is 18.7 Å². The predicted octanol–water partition coefficient (Wildman–Crippen LogP) is 3.67. The molecular formula is C22H21F3N2O4. The number of fused-ring (bicyclic) bond motifs is 1. The van der Waals surface area contributed by atoms with E-state index in [2.05, 4.69) is 9.64 Å². The van der Waals surface area contributed by atoms with Crippen LogP contribution in [0.4, 0.5) is 13.2 Å². The Bertz CT molecular complexity index is 952. The Hall–Kier alpha value is -3.20. The zero-order chi connectivity index (χ0) is 21.8. The van der Waals surface area contributed by atoms with Crippen molar-refractivity contribution in [1.29, 1.82) is 0 Å². The van der Waals surface area contributed by atoms with Crippen LogP contribution in [-0.4, -0.2) is 55.0 Å². The summed E-state index contributed by atoms with van der Waals surface area (Å²) < 4.78 is 51.2. The molecular weight excluding hydrogens is 413 g/mol. The summed E-state index contributed by atoms with van der Waals surface area (Å²) in [6.07, 6.45) is -1.70. The number of ether oxygens (including phenoxy) is 3. The van der Waals surface area contributed by atoms with Crippen molar-refractivity contribution < 1.29 is 32.2 Å². The van der Waals surface area contributed by atoms with Crippen LogP contribution in [-0.2, 0) is 11.3 Å². The van der Waals surface area contributed by atoms with Crippen LogP contribution in [0.15, 0.2) is 48.5 Å². The van der Waals surface area contributed by atoms with Crippen LogP contribution < -0.4 is 14.2 Å². The van der Waals surface area contributed by atoms with Crippen molar-refractivity contribution in [2.24, 2.45) is 0 Å². The molecule has 2 aromatic rings. The van der Waals surface area contributed by atoms with Gasteiger partial charge in [-0.2, -0.15) is 0 Å². The summed E-state index contributed by atoms with van der Waals surface area (Å²) in [5, 5.41) is 0. The Labute approximate surface area is 177 Å². The molecule has 1 fully saturated rings. The molecule has 1 amide bonds. The Morgan fingerprint density at radius 1 is 1.00 bits per heavy atom. The molecule has 1 saturated heterocycles. The maximum absolute atomic E-state index is 12.4. The van der Waals surface area contributed by atoms with E-state index in [1.54, 1.807) is 11.0 Å². The van der Waals surface area contributed by atoms with Gasteiger partial charge in [-0.25, -0.2) is 0 Å². The molecule has 0 aliphatic carbocycles. The van der Waals surface area contributed by atoms with Gasteiger partial charge in [0.1, 0.15) is 5.75 Å². The first-order chi connectivity index (χ1) is 14.9. The topological polar surface area (TPSA) is 51.2 Å². The van der Waals surface area contributed by atoms with E-state index in [0.717, 1.165) is 36.7 Å². The van der Waals surface area contributed by atoms with Crippen molar-refractivity contribution >= 4 is 12.0 Å². The van der Waals surface area contributed by atoms with Gasteiger partial charge in [0.25, 0.3) is 0 Å². The van der Waals surface area contributed by atoms with Gasteiger partial charge in [-0.1, -0.05) is 18.2 Å². The second-order valence-electron chi connectivity index (χ2n) is 7.24. The van der Waals surface area contributed by atoms with E-state index in [4.69, 9.17) is 9.47 Å². The molecule has 0 saturated carbocycles. The van der Waals surface area contributed by atoms with Crippen molar-refractivity contribution in [3.8, 4) is 17.2 Å². The van der Waals surface area contributed by atoms with E-state index in [-0.39, 0.29) is 18.4 Å². The maximum Gasteiger partial charge on any atom is 0.573 e. The van der Waals surface area contributed by atoms with Gasteiger partial charge in [-0.15, -0.1) is 13.2 Å². The third kappa shape index (κ3) is 5.69. The molecule has 31 heavy (non-hydrogen) atoms. The van der Waals surface area contributed by atoms with Crippen LogP contribution >= 0.6 is 0 Å². The molecule has 164 valence electrons. The molecule has 0 unspecified atom stereocenters. The first kappa shape index (κ1) is 21.0. The summed E-state index contributed by atoms with van der Waals surface area (Å²) >= 11 is 0. The minimum atomic E-state index is -4.72. The lowest BCUT2D eigenvalue weighted by Gasteiger charge is -2.34. The van der Waals surface area contributed by atoms with E-state index >= 15 is 0 Å². The number of rotatable bonds is 5. The van der Waals surface area contributed by atoms with Crippen LogP contribution in [0.25, 0.3) is 6.08 Å². The molecule has 2 aliphatic rings. The molecule has 9 heteroatoms. The number of piperazine rings is 1. The summed E-state index contributed by atoms with van der Waals surface area (Å²) in [7, 11) is 0. The van der Waals surface area contributed by atoms with Crippen molar-refractivity contribution in [3.63, 3.8) is 0 Å². The summed E-state index contributed by atoms with van der Waals surface area (Å²) in [4.78, 5) is 16.5. The molecule has 0 aromatic heterocycles. The lowest BCUT2D eigenvalue weighted by molar-refractivity contribution is -0.274. The number of carbonyl (C=O) groups is 1. The molecule has 6 nitrogen and oxygen atoms in total. The molecule has 4 rings (SSSR count). The highest BCUT2D eigenvalue weighted by atomic mass is 19.4. The Morgan fingerprint density at radius 3 is 2.42 bits per heavy atom. The number of nitrogens with zero attached hydrogens (tertiary/aromatic N) is 2. The van der Waals surface area contributed by atoms with E-state index in [1.807, 2.05) is 18.2 Å². The minimum Gasteiger partial charge on any atom is -0.454 e. The highest BCUT2D eigenvalue weighted by molar-refractivity contribution is 5.91. The number of halogens is 3. The van der Waals surface area contributed by atoms with Crippen molar-refractivity contribution in [3.05, 3.63) is 59.7 Å². The molecule has 0 N–H and O–H groups in total. The van der Waals surface area contributed by atoms with Gasteiger partial charge in [-0.3, -0.25) is 9.69 Å². The molecule has 0 bridgehead atoms. The SMILES string of the molecule is O=C(/C=C/c1ccc(OC(F)(F)F)cc1)N1CCN(Cc2ccc3c(c2)OCO3)CC1. The van der Waals surface area contributed by atoms with Crippen molar-refractivity contribution in [1.82, 2.24) is 9.80 Å². The van der Waals surface area contributed by atoms with Gasteiger partial charge in [-0.05, 0) is 41.5 Å². The number of amides is 1. The van der Waals surface area contributed by atoms with Gasteiger partial charge < -0.3 is 19.1 Å². The van der Waals surface area contributed by atoms with Gasteiger partial charge in [0.15, 0.2) is 11.5 Å². The van der Waals surface area contributed by atoms with Crippen LogP contribution in [0.1, 0.15) is 11.1 Å². The van der Waals surface area contributed by atoms with E-state index in [9.17, 15) is 18.0 Å². The lowest BCUT2D eigenvalue weighted by Crippen LogP contribution is -2.47. The largest absolute Gasteiger partial charge is 0.573 e. The third-order valence-corrected chi connectivity index (χ3v) is 5.06. The molecule has 2 aliphatic heterocycles. The first-order valence-electron chi connectivity index (χ1n) is 9.79. The lowest BCUT2D eigenvalue weighted by atomic mass is 10.1. The van der Waals surface area contributed by atoms with Crippen LogP contribution in [0.3, 0.4) is 0 Å². The van der Waals surface area contributed by atoms with Gasteiger partial charge in [0, 0.05) is 38.8 Å². The second-order valence-corrected chi connectivity index (χ2v) is 7.24. The fraction of sp³-hybridized carbons (Fsp3) is 0.318. The summed E-state index contributed by atoms with van der Waals surface area (Å²) in [6, 6.07) is 11.3.